The number of ether oxygens (including phenoxy) is 1. The second kappa shape index (κ2) is 3.75. The molecule has 1 unspecified atom stereocenters. The third kappa shape index (κ3) is 1.81. The van der Waals surface area contributed by atoms with Gasteiger partial charge in [-0.2, -0.15) is 0 Å². The summed E-state index contributed by atoms with van der Waals surface area (Å²) in [6.07, 6.45) is 1.24. The van der Waals surface area contributed by atoms with E-state index >= 15 is 0 Å². The molecule has 88 valence electrons. The lowest BCUT2D eigenvalue weighted by Gasteiger charge is -2.20. The Morgan fingerprint density at radius 2 is 1.81 bits per heavy atom. The molecule has 0 aliphatic heterocycles. The van der Waals surface area contributed by atoms with Gasteiger partial charge in [-0.3, -0.25) is 0 Å². The molecule has 0 aromatic heterocycles. The summed E-state index contributed by atoms with van der Waals surface area (Å²) in [6.45, 7) is 3.97. The van der Waals surface area contributed by atoms with Crippen molar-refractivity contribution in [3.8, 4) is 5.75 Å². The van der Waals surface area contributed by atoms with Crippen molar-refractivity contribution < 1.29 is 9.84 Å². The first-order valence-corrected chi connectivity index (χ1v) is 5.60. The first-order valence-electron chi connectivity index (χ1n) is 5.60. The van der Waals surface area contributed by atoms with Crippen LogP contribution in [-0.2, 0) is 0 Å². The summed E-state index contributed by atoms with van der Waals surface area (Å²) in [7, 11) is 1.66. The van der Waals surface area contributed by atoms with Crippen molar-refractivity contribution >= 4 is 0 Å². The van der Waals surface area contributed by atoms with Crippen molar-refractivity contribution in [3.63, 3.8) is 0 Å². The SMILES string of the molecule is COc1c(C)cc(C(O)C2(N)CC2)cc1C. The molecule has 1 atom stereocenters. The van der Waals surface area contributed by atoms with Gasteiger partial charge in [0.05, 0.1) is 13.2 Å². The molecule has 0 radical (unpaired) electrons. The minimum atomic E-state index is -0.559. The summed E-state index contributed by atoms with van der Waals surface area (Å²) in [6, 6.07) is 3.92. The van der Waals surface area contributed by atoms with Crippen molar-refractivity contribution in [2.24, 2.45) is 5.73 Å². The van der Waals surface area contributed by atoms with E-state index < -0.39 is 11.6 Å². The predicted molar refractivity (Wildman–Crippen MR) is 63.6 cm³/mol. The summed E-state index contributed by atoms with van der Waals surface area (Å²) >= 11 is 0. The molecule has 1 aromatic rings. The van der Waals surface area contributed by atoms with Crippen LogP contribution >= 0.6 is 0 Å². The van der Waals surface area contributed by atoms with Crippen LogP contribution in [0.5, 0.6) is 5.75 Å². The standard InChI is InChI=1S/C13H19NO2/c1-8-6-10(7-9(2)11(8)16-3)12(15)13(14)4-5-13/h6-7,12,15H,4-5,14H2,1-3H3. The maximum Gasteiger partial charge on any atom is 0.124 e. The molecule has 0 heterocycles. The summed E-state index contributed by atoms with van der Waals surface area (Å²) in [5, 5.41) is 10.2. The van der Waals surface area contributed by atoms with E-state index in [2.05, 4.69) is 0 Å². The molecule has 0 amide bonds. The zero-order chi connectivity index (χ0) is 11.9. The van der Waals surface area contributed by atoms with E-state index in [0.29, 0.717) is 0 Å². The molecular formula is C13H19NO2. The molecule has 3 nitrogen and oxygen atoms in total. The maximum atomic E-state index is 10.2. The van der Waals surface area contributed by atoms with Gasteiger partial charge in [0.2, 0.25) is 0 Å². The van der Waals surface area contributed by atoms with Gasteiger partial charge in [0.15, 0.2) is 0 Å². The topological polar surface area (TPSA) is 55.5 Å². The van der Waals surface area contributed by atoms with Crippen LogP contribution in [0.4, 0.5) is 0 Å². The number of hydrogen-bond donors (Lipinski definition) is 2. The van der Waals surface area contributed by atoms with Crippen molar-refractivity contribution in [1.82, 2.24) is 0 Å². The van der Waals surface area contributed by atoms with Crippen molar-refractivity contribution in [2.45, 2.75) is 38.3 Å². The van der Waals surface area contributed by atoms with Gasteiger partial charge in [0.25, 0.3) is 0 Å². The van der Waals surface area contributed by atoms with Crippen LogP contribution in [0.3, 0.4) is 0 Å². The Bertz CT molecular complexity index is 387. The maximum absolute atomic E-state index is 10.2. The van der Waals surface area contributed by atoms with Gasteiger partial charge >= 0.3 is 0 Å². The minimum absolute atomic E-state index is 0.395. The Kier molecular flexibility index (Phi) is 2.68. The molecule has 0 bridgehead atoms. The van der Waals surface area contributed by atoms with Gasteiger partial charge in [-0.05, 0) is 55.5 Å². The van der Waals surface area contributed by atoms with Crippen LogP contribution in [0.1, 0.15) is 35.6 Å². The van der Waals surface area contributed by atoms with Crippen LogP contribution in [-0.4, -0.2) is 17.8 Å². The molecule has 3 heteroatoms. The van der Waals surface area contributed by atoms with Crippen LogP contribution in [0.15, 0.2) is 12.1 Å². The summed E-state index contributed by atoms with van der Waals surface area (Å²) in [4.78, 5) is 0. The first kappa shape index (κ1) is 11.4. The number of nitrogens with two attached hydrogens (primary N) is 1. The molecule has 0 saturated heterocycles. The highest BCUT2D eigenvalue weighted by Gasteiger charge is 2.45. The smallest absolute Gasteiger partial charge is 0.124 e. The first-order chi connectivity index (χ1) is 7.48. The van der Waals surface area contributed by atoms with Crippen LogP contribution in [0, 0.1) is 13.8 Å². The third-order valence-corrected chi connectivity index (χ3v) is 3.37. The number of methoxy groups -OCH3 is 1. The van der Waals surface area contributed by atoms with E-state index in [9.17, 15) is 5.11 Å². The lowest BCUT2D eigenvalue weighted by atomic mass is 9.96. The Labute approximate surface area is 96.2 Å². The fourth-order valence-electron chi connectivity index (χ4n) is 2.21. The second-order valence-electron chi connectivity index (χ2n) is 4.82. The number of aryl methyl sites for hydroxylation is 2. The number of benzene rings is 1. The Hall–Kier alpha value is -1.06. The van der Waals surface area contributed by atoms with Crippen LogP contribution < -0.4 is 10.5 Å². The third-order valence-electron chi connectivity index (χ3n) is 3.37. The molecule has 16 heavy (non-hydrogen) atoms. The van der Waals surface area contributed by atoms with Gasteiger partial charge in [-0.1, -0.05) is 0 Å². The van der Waals surface area contributed by atoms with E-state index in [1.807, 2.05) is 26.0 Å². The monoisotopic (exact) mass is 221 g/mol. The Balaban J connectivity index is 2.36. The number of rotatable bonds is 3. The van der Waals surface area contributed by atoms with E-state index in [0.717, 1.165) is 35.3 Å². The summed E-state index contributed by atoms with van der Waals surface area (Å²) < 4.78 is 5.30. The lowest BCUT2D eigenvalue weighted by molar-refractivity contribution is 0.136. The molecule has 3 N–H and O–H groups in total. The van der Waals surface area contributed by atoms with Crippen LogP contribution in [0.2, 0.25) is 0 Å². The van der Waals surface area contributed by atoms with Crippen molar-refractivity contribution in [2.75, 3.05) is 7.11 Å². The quantitative estimate of drug-likeness (QED) is 0.818. The molecule has 1 aliphatic carbocycles. The van der Waals surface area contributed by atoms with E-state index in [1.54, 1.807) is 7.11 Å². The van der Waals surface area contributed by atoms with E-state index in [1.165, 1.54) is 0 Å². The van der Waals surface area contributed by atoms with Gasteiger partial charge in [-0.25, -0.2) is 0 Å². The zero-order valence-electron chi connectivity index (χ0n) is 10.1. The molecule has 0 spiro atoms. The molecular weight excluding hydrogens is 202 g/mol. The van der Waals surface area contributed by atoms with Gasteiger partial charge in [0, 0.05) is 5.54 Å². The summed E-state index contributed by atoms with van der Waals surface area (Å²) in [5.41, 5.74) is 8.60. The second-order valence-corrected chi connectivity index (χ2v) is 4.82. The van der Waals surface area contributed by atoms with Crippen LogP contribution in [0.25, 0.3) is 0 Å². The average Bonchev–Trinajstić information content (AvgIpc) is 2.96. The highest BCUT2D eigenvalue weighted by atomic mass is 16.5. The van der Waals surface area contributed by atoms with E-state index in [-0.39, 0.29) is 0 Å². The average molecular weight is 221 g/mol. The molecule has 1 saturated carbocycles. The van der Waals surface area contributed by atoms with Crippen molar-refractivity contribution in [1.29, 1.82) is 0 Å². The number of hydrogen-bond acceptors (Lipinski definition) is 3. The largest absolute Gasteiger partial charge is 0.496 e. The van der Waals surface area contributed by atoms with Crippen molar-refractivity contribution in [3.05, 3.63) is 28.8 Å². The summed E-state index contributed by atoms with van der Waals surface area (Å²) in [5.74, 6) is 0.887. The number of aliphatic hydroxyl groups is 1. The fourth-order valence-corrected chi connectivity index (χ4v) is 2.21. The van der Waals surface area contributed by atoms with Gasteiger partial charge in [-0.15, -0.1) is 0 Å². The normalized spacial score (nSPS) is 19.3. The van der Waals surface area contributed by atoms with E-state index in [4.69, 9.17) is 10.5 Å². The minimum Gasteiger partial charge on any atom is -0.496 e. The molecule has 2 rings (SSSR count). The lowest BCUT2D eigenvalue weighted by Crippen LogP contribution is -2.30. The zero-order valence-corrected chi connectivity index (χ0v) is 10.1. The molecule has 1 fully saturated rings. The molecule has 1 aliphatic rings. The van der Waals surface area contributed by atoms with Gasteiger partial charge < -0.3 is 15.6 Å². The molecule has 1 aromatic carbocycles. The predicted octanol–water partition coefficient (Wildman–Crippen LogP) is 1.84. The highest BCUT2D eigenvalue weighted by molar-refractivity contribution is 5.44. The Morgan fingerprint density at radius 1 is 1.31 bits per heavy atom. The Morgan fingerprint density at radius 3 is 2.19 bits per heavy atom. The highest BCUT2D eigenvalue weighted by Crippen LogP contribution is 2.44. The number of aliphatic hydroxyl groups excluding tert-OH is 1. The fraction of sp³-hybridized carbons (Fsp3) is 0.538. The van der Waals surface area contributed by atoms with Gasteiger partial charge in [0.1, 0.15) is 5.75 Å².